The summed E-state index contributed by atoms with van der Waals surface area (Å²) < 4.78 is 0. The molecule has 1 unspecified atom stereocenters. The van der Waals surface area contributed by atoms with Crippen LogP contribution in [0.25, 0.3) is 0 Å². The average molecular weight is 217 g/mol. The zero-order chi connectivity index (χ0) is 11.9. The van der Waals surface area contributed by atoms with Crippen LogP contribution < -0.4 is 4.90 Å². The average Bonchev–Trinajstić information content (AvgIpc) is 2.53. The van der Waals surface area contributed by atoms with Crippen molar-refractivity contribution in [3.05, 3.63) is 29.8 Å². The van der Waals surface area contributed by atoms with Crippen LogP contribution in [-0.4, -0.2) is 23.5 Å². The van der Waals surface area contributed by atoms with Gasteiger partial charge >= 0.3 is 0 Å². The van der Waals surface area contributed by atoms with Crippen LogP contribution in [-0.2, 0) is 9.59 Å². The van der Waals surface area contributed by atoms with Gasteiger partial charge in [0.25, 0.3) is 0 Å². The molecular formula is C12H11NO3. The van der Waals surface area contributed by atoms with Gasteiger partial charge in [0.1, 0.15) is 0 Å². The summed E-state index contributed by atoms with van der Waals surface area (Å²) in [4.78, 5) is 36.1. The number of benzene rings is 1. The number of hydrogen-bond acceptors (Lipinski definition) is 3. The van der Waals surface area contributed by atoms with Crippen LogP contribution in [0.4, 0.5) is 5.69 Å². The van der Waals surface area contributed by atoms with Crippen LogP contribution in [0.1, 0.15) is 24.2 Å². The maximum absolute atomic E-state index is 11.9. The topological polar surface area (TPSA) is 54.5 Å². The highest BCUT2D eigenvalue weighted by atomic mass is 16.2. The Morgan fingerprint density at radius 3 is 2.38 bits per heavy atom. The molecule has 0 N–H and O–H groups in total. The van der Waals surface area contributed by atoms with E-state index in [0.717, 1.165) is 0 Å². The molecule has 0 fully saturated rings. The lowest BCUT2D eigenvalue weighted by molar-refractivity contribution is -0.122. The van der Waals surface area contributed by atoms with Crippen molar-refractivity contribution in [3.8, 4) is 0 Å². The van der Waals surface area contributed by atoms with Crippen LogP contribution in [0.15, 0.2) is 24.3 Å². The molecule has 1 aliphatic heterocycles. The number of ketones is 2. The van der Waals surface area contributed by atoms with Gasteiger partial charge in [0.15, 0.2) is 17.6 Å². The van der Waals surface area contributed by atoms with E-state index in [1.54, 1.807) is 24.3 Å². The second-order valence-electron chi connectivity index (χ2n) is 3.78. The number of Topliss-reactive ketones (excluding diaryl/α,β-unsaturated/α-hetero) is 2. The number of amides is 1. The number of para-hydroxylation sites is 1. The van der Waals surface area contributed by atoms with E-state index in [9.17, 15) is 14.4 Å². The Morgan fingerprint density at radius 2 is 1.81 bits per heavy atom. The first kappa shape index (κ1) is 10.5. The molecule has 0 spiro atoms. The van der Waals surface area contributed by atoms with Crippen LogP contribution >= 0.6 is 0 Å². The maximum atomic E-state index is 11.9. The number of nitrogens with zero attached hydrogens (tertiary/aromatic N) is 1. The van der Waals surface area contributed by atoms with Gasteiger partial charge in [-0.1, -0.05) is 12.1 Å². The standard InChI is InChI=1S/C12H11NO3/c1-7(14)11-12(16)9-5-3-4-6-10(9)13(11)8(2)15/h3-6,11H,1-2H3. The SMILES string of the molecule is CC(=O)C1C(=O)c2ccccc2N1C(C)=O. The number of rotatable bonds is 1. The number of carbonyl (C=O) groups is 3. The van der Waals surface area contributed by atoms with E-state index in [1.165, 1.54) is 18.7 Å². The van der Waals surface area contributed by atoms with Crippen molar-refractivity contribution in [2.24, 2.45) is 0 Å². The van der Waals surface area contributed by atoms with Gasteiger partial charge in [0, 0.05) is 12.5 Å². The lowest BCUT2D eigenvalue weighted by atomic mass is 10.1. The monoisotopic (exact) mass is 217 g/mol. The molecule has 2 rings (SSSR count). The number of hydrogen-bond donors (Lipinski definition) is 0. The molecule has 1 heterocycles. The third-order valence-electron chi connectivity index (χ3n) is 2.66. The fraction of sp³-hybridized carbons (Fsp3) is 0.250. The van der Waals surface area contributed by atoms with Gasteiger partial charge in [-0.05, 0) is 19.1 Å². The Balaban J connectivity index is 2.60. The van der Waals surface area contributed by atoms with Crippen LogP contribution in [0.3, 0.4) is 0 Å². The van der Waals surface area contributed by atoms with Gasteiger partial charge in [-0.25, -0.2) is 0 Å². The molecule has 0 aromatic heterocycles. The van der Waals surface area contributed by atoms with Gasteiger partial charge < -0.3 is 0 Å². The predicted octanol–water partition coefficient (Wildman–Crippen LogP) is 1.19. The Labute approximate surface area is 92.9 Å². The smallest absolute Gasteiger partial charge is 0.224 e. The zero-order valence-electron chi connectivity index (χ0n) is 9.06. The summed E-state index contributed by atoms with van der Waals surface area (Å²) in [5, 5.41) is 0. The second-order valence-corrected chi connectivity index (χ2v) is 3.78. The van der Waals surface area contributed by atoms with Crippen molar-refractivity contribution < 1.29 is 14.4 Å². The first-order valence-electron chi connectivity index (χ1n) is 4.97. The summed E-state index contributed by atoms with van der Waals surface area (Å²) in [6, 6.07) is 5.80. The molecule has 1 atom stereocenters. The van der Waals surface area contributed by atoms with E-state index < -0.39 is 6.04 Å². The summed E-state index contributed by atoms with van der Waals surface area (Å²) in [6.07, 6.45) is 0. The Kier molecular flexibility index (Phi) is 2.34. The summed E-state index contributed by atoms with van der Waals surface area (Å²) in [5.41, 5.74) is 0.970. The minimum Gasteiger partial charge on any atom is -0.297 e. The first-order valence-corrected chi connectivity index (χ1v) is 4.97. The predicted molar refractivity (Wildman–Crippen MR) is 58.4 cm³/mol. The highest BCUT2D eigenvalue weighted by Gasteiger charge is 2.41. The van der Waals surface area contributed by atoms with E-state index in [-0.39, 0.29) is 17.5 Å². The van der Waals surface area contributed by atoms with Gasteiger partial charge in [-0.2, -0.15) is 0 Å². The Morgan fingerprint density at radius 1 is 1.19 bits per heavy atom. The molecule has 82 valence electrons. The van der Waals surface area contributed by atoms with E-state index in [1.807, 2.05) is 0 Å². The molecule has 0 saturated carbocycles. The van der Waals surface area contributed by atoms with Gasteiger partial charge in [-0.3, -0.25) is 19.3 Å². The summed E-state index contributed by atoms with van der Waals surface area (Å²) in [6.45, 7) is 2.68. The van der Waals surface area contributed by atoms with Crippen molar-refractivity contribution in [1.82, 2.24) is 0 Å². The lowest BCUT2D eigenvalue weighted by Crippen LogP contribution is -2.43. The largest absolute Gasteiger partial charge is 0.297 e. The molecule has 1 amide bonds. The van der Waals surface area contributed by atoms with Gasteiger partial charge in [-0.15, -0.1) is 0 Å². The number of anilines is 1. The number of fused-ring (bicyclic) bond motifs is 1. The van der Waals surface area contributed by atoms with E-state index >= 15 is 0 Å². The van der Waals surface area contributed by atoms with Crippen LogP contribution in [0.5, 0.6) is 0 Å². The lowest BCUT2D eigenvalue weighted by Gasteiger charge is -2.20. The van der Waals surface area contributed by atoms with Crippen molar-refractivity contribution in [1.29, 1.82) is 0 Å². The Hall–Kier alpha value is -1.97. The molecule has 16 heavy (non-hydrogen) atoms. The maximum Gasteiger partial charge on any atom is 0.224 e. The molecule has 0 bridgehead atoms. The molecule has 4 heteroatoms. The van der Waals surface area contributed by atoms with Crippen molar-refractivity contribution in [2.75, 3.05) is 4.90 Å². The van der Waals surface area contributed by atoms with Crippen LogP contribution in [0.2, 0.25) is 0 Å². The minimum atomic E-state index is -0.977. The van der Waals surface area contributed by atoms with Gasteiger partial charge in [0.2, 0.25) is 5.91 Å². The molecule has 4 nitrogen and oxygen atoms in total. The Bertz CT molecular complexity index is 493. The zero-order valence-corrected chi connectivity index (χ0v) is 9.06. The molecule has 1 aromatic carbocycles. The van der Waals surface area contributed by atoms with Crippen molar-refractivity contribution in [2.45, 2.75) is 19.9 Å². The normalized spacial score (nSPS) is 18.5. The first-order chi connectivity index (χ1) is 7.54. The molecule has 0 radical (unpaired) electrons. The summed E-state index contributed by atoms with van der Waals surface area (Å²) in [5.74, 6) is -0.895. The highest BCUT2D eigenvalue weighted by Crippen LogP contribution is 2.32. The summed E-state index contributed by atoms with van der Waals surface area (Å²) >= 11 is 0. The fourth-order valence-corrected chi connectivity index (χ4v) is 2.01. The molecular weight excluding hydrogens is 206 g/mol. The molecule has 1 aliphatic rings. The van der Waals surface area contributed by atoms with Crippen LogP contribution in [0, 0.1) is 0 Å². The molecule has 0 aliphatic carbocycles. The summed E-state index contributed by atoms with van der Waals surface area (Å²) in [7, 11) is 0. The van der Waals surface area contributed by atoms with Gasteiger partial charge in [0.05, 0.1) is 5.69 Å². The second kappa shape index (κ2) is 3.56. The van der Waals surface area contributed by atoms with E-state index in [4.69, 9.17) is 0 Å². The fourth-order valence-electron chi connectivity index (χ4n) is 2.01. The van der Waals surface area contributed by atoms with E-state index in [0.29, 0.717) is 11.3 Å². The molecule has 1 aromatic rings. The van der Waals surface area contributed by atoms with Crippen molar-refractivity contribution >= 4 is 23.2 Å². The quantitative estimate of drug-likeness (QED) is 0.664. The highest BCUT2D eigenvalue weighted by molar-refractivity contribution is 6.26. The molecule has 0 saturated heterocycles. The third kappa shape index (κ3) is 1.34. The minimum absolute atomic E-state index is 0.293. The van der Waals surface area contributed by atoms with E-state index in [2.05, 4.69) is 0 Å². The number of carbonyl (C=O) groups excluding carboxylic acids is 3. The van der Waals surface area contributed by atoms with Crippen molar-refractivity contribution in [3.63, 3.8) is 0 Å². The third-order valence-corrected chi connectivity index (χ3v) is 2.66.